The Hall–Kier alpha value is -3.13. The van der Waals surface area contributed by atoms with Crippen LogP contribution in [0.4, 0.5) is 0 Å². The van der Waals surface area contributed by atoms with Crippen LogP contribution in [0.3, 0.4) is 0 Å². The molecule has 3 rings (SSSR count). The highest BCUT2D eigenvalue weighted by atomic mass is 16.2. The summed E-state index contributed by atoms with van der Waals surface area (Å²) >= 11 is 0. The van der Waals surface area contributed by atoms with Gasteiger partial charge >= 0.3 is 0 Å². The van der Waals surface area contributed by atoms with Crippen molar-refractivity contribution in [3.05, 3.63) is 59.7 Å². The lowest BCUT2D eigenvalue weighted by Gasteiger charge is -2.41. The van der Waals surface area contributed by atoms with Crippen LogP contribution < -0.4 is 5.73 Å². The Morgan fingerprint density at radius 2 is 1.89 bits per heavy atom. The van der Waals surface area contributed by atoms with E-state index in [0.717, 1.165) is 36.0 Å². The molecule has 2 N–H and O–H groups in total. The SMILES string of the molecule is CCCC[C@H]1C(=O)N(C)C(N)=NC1(C)c1cccc(-c2cccc(C#N)c2)c1. The van der Waals surface area contributed by atoms with Crippen LogP contribution in [0.15, 0.2) is 53.5 Å². The van der Waals surface area contributed by atoms with E-state index in [2.05, 4.69) is 19.1 Å². The standard InChI is InChI=1S/C23H26N4O/c1-4-5-12-20-21(28)27(3)22(25)26-23(20,2)19-11-7-10-18(14-19)17-9-6-8-16(13-17)15-24/h6-11,13-14,20H,4-5,12H2,1-3H3,(H2,25,26)/t20-,23?/m0/s1. The molecule has 0 bridgehead atoms. The molecule has 5 heteroatoms. The van der Waals surface area contributed by atoms with Gasteiger partial charge in [0, 0.05) is 7.05 Å². The predicted molar refractivity (Wildman–Crippen MR) is 111 cm³/mol. The number of unbranched alkanes of at least 4 members (excludes halogenated alkanes) is 1. The van der Waals surface area contributed by atoms with Gasteiger partial charge in [0.25, 0.3) is 0 Å². The molecule has 0 fully saturated rings. The molecule has 28 heavy (non-hydrogen) atoms. The summed E-state index contributed by atoms with van der Waals surface area (Å²) < 4.78 is 0. The van der Waals surface area contributed by atoms with Crippen LogP contribution >= 0.6 is 0 Å². The highest BCUT2D eigenvalue weighted by Gasteiger charge is 2.45. The lowest BCUT2D eigenvalue weighted by molar-refractivity contribution is -0.134. The van der Waals surface area contributed by atoms with E-state index in [1.807, 2.05) is 43.3 Å². The summed E-state index contributed by atoms with van der Waals surface area (Å²) in [7, 11) is 1.68. The molecule has 0 spiro atoms. The van der Waals surface area contributed by atoms with Gasteiger partial charge in [-0.25, -0.2) is 4.99 Å². The number of carbonyl (C=O) groups is 1. The van der Waals surface area contributed by atoms with Crippen molar-refractivity contribution in [2.24, 2.45) is 16.6 Å². The zero-order valence-electron chi connectivity index (χ0n) is 16.6. The molecule has 5 nitrogen and oxygen atoms in total. The summed E-state index contributed by atoms with van der Waals surface area (Å²) in [4.78, 5) is 19.2. The number of nitrogens with two attached hydrogens (primary N) is 1. The molecule has 0 radical (unpaired) electrons. The first-order valence-electron chi connectivity index (χ1n) is 9.64. The molecule has 1 aliphatic rings. The fourth-order valence-electron chi connectivity index (χ4n) is 3.84. The van der Waals surface area contributed by atoms with Gasteiger partial charge in [-0.05, 0) is 48.2 Å². The van der Waals surface area contributed by atoms with E-state index < -0.39 is 5.54 Å². The Kier molecular flexibility index (Phi) is 5.51. The average Bonchev–Trinajstić information content (AvgIpc) is 2.72. The normalized spacial score (nSPS) is 21.9. The molecule has 1 aliphatic heterocycles. The monoisotopic (exact) mass is 374 g/mol. The van der Waals surface area contributed by atoms with Crippen LogP contribution in [0, 0.1) is 17.2 Å². The van der Waals surface area contributed by atoms with E-state index >= 15 is 0 Å². The maximum absolute atomic E-state index is 13.0. The predicted octanol–water partition coefficient (Wildman–Crippen LogP) is 4.03. The fraction of sp³-hybridized carbons (Fsp3) is 0.348. The maximum Gasteiger partial charge on any atom is 0.234 e. The van der Waals surface area contributed by atoms with Crippen molar-refractivity contribution >= 4 is 11.9 Å². The van der Waals surface area contributed by atoms with Gasteiger partial charge in [-0.15, -0.1) is 0 Å². The van der Waals surface area contributed by atoms with Crippen LogP contribution in [0.1, 0.15) is 44.2 Å². The summed E-state index contributed by atoms with van der Waals surface area (Å²) in [6.45, 7) is 4.12. The molecule has 0 saturated carbocycles. The van der Waals surface area contributed by atoms with E-state index in [-0.39, 0.29) is 17.8 Å². The lowest BCUT2D eigenvalue weighted by Crippen LogP contribution is -2.53. The number of nitriles is 1. The zero-order valence-corrected chi connectivity index (χ0v) is 16.6. The van der Waals surface area contributed by atoms with Gasteiger partial charge in [0.1, 0.15) is 0 Å². The number of amides is 1. The van der Waals surface area contributed by atoms with Gasteiger partial charge in [-0.1, -0.05) is 50.1 Å². The second-order valence-corrected chi connectivity index (χ2v) is 7.48. The van der Waals surface area contributed by atoms with Crippen molar-refractivity contribution in [3.8, 4) is 17.2 Å². The Labute approximate surface area is 166 Å². The lowest BCUT2D eigenvalue weighted by atomic mass is 9.75. The second-order valence-electron chi connectivity index (χ2n) is 7.48. The van der Waals surface area contributed by atoms with Gasteiger partial charge in [-0.3, -0.25) is 9.69 Å². The van der Waals surface area contributed by atoms with Crippen molar-refractivity contribution in [1.29, 1.82) is 5.26 Å². The highest BCUT2D eigenvalue weighted by Crippen LogP contribution is 2.41. The minimum Gasteiger partial charge on any atom is -0.369 e. The third kappa shape index (κ3) is 3.50. The molecule has 0 aliphatic carbocycles. The number of guanidine groups is 1. The molecular formula is C23H26N4O. The molecule has 2 atom stereocenters. The van der Waals surface area contributed by atoms with Crippen LogP contribution in [0.5, 0.6) is 0 Å². The maximum atomic E-state index is 13.0. The minimum atomic E-state index is -0.717. The fourth-order valence-corrected chi connectivity index (χ4v) is 3.84. The summed E-state index contributed by atoms with van der Waals surface area (Å²) in [6.07, 6.45) is 2.74. The molecule has 2 aromatic carbocycles. The van der Waals surface area contributed by atoms with E-state index in [0.29, 0.717) is 5.56 Å². The van der Waals surface area contributed by atoms with Crippen molar-refractivity contribution in [2.45, 2.75) is 38.6 Å². The van der Waals surface area contributed by atoms with E-state index in [9.17, 15) is 10.1 Å². The van der Waals surface area contributed by atoms with Gasteiger partial charge in [0.2, 0.25) is 5.91 Å². The van der Waals surface area contributed by atoms with Gasteiger partial charge in [0.15, 0.2) is 5.96 Å². The van der Waals surface area contributed by atoms with Crippen molar-refractivity contribution in [3.63, 3.8) is 0 Å². The molecule has 0 saturated heterocycles. The van der Waals surface area contributed by atoms with E-state index in [1.165, 1.54) is 4.90 Å². The van der Waals surface area contributed by atoms with Crippen molar-refractivity contribution < 1.29 is 4.79 Å². The van der Waals surface area contributed by atoms with Crippen LogP contribution in [0.25, 0.3) is 11.1 Å². The molecule has 1 heterocycles. The molecule has 2 aromatic rings. The first-order chi connectivity index (χ1) is 13.4. The second kappa shape index (κ2) is 7.85. The Bertz CT molecular complexity index is 959. The molecule has 144 valence electrons. The van der Waals surface area contributed by atoms with Gasteiger partial charge in [-0.2, -0.15) is 5.26 Å². The number of benzene rings is 2. The first kappa shape index (κ1) is 19.6. The number of rotatable bonds is 5. The highest BCUT2D eigenvalue weighted by molar-refractivity contribution is 6.00. The zero-order chi connectivity index (χ0) is 20.3. The number of hydrogen-bond acceptors (Lipinski definition) is 4. The third-order valence-corrected chi connectivity index (χ3v) is 5.62. The number of aliphatic imine (C=N–C) groups is 1. The molecule has 0 aromatic heterocycles. The Morgan fingerprint density at radius 1 is 1.21 bits per heavy atom. The molecule has 1 amide bonds. The molecular weight excluding hydrogens is 348 g/mol. The minimum absolute atomic E-state index is 0.0142. The van der Waals surface area contributed by atoms with Crippen LogP contribution in [-0.4, -0.2) is 23.8 Å². The van der Waals surface area contributed by atoms with Gasteiger partial charge in [0.05, 0.1) is 23.1 Å². The van der Waals surface area contributed by atoms with Crippen molar-refractivity contribution in [1.82, 2.24) is 4.90 Å². The summed E-state index contributed by atoms with van der Waals surface area (Å²) in [5, 5.41) is 9.18. The molecule has 1 unspecified atom stereocenters. The van der Waals surface area contributed by atoms with Crippen molar-refractivity contribution in [2.75, 3.05) is 7.05 Å². The van der Waals surface area contributed by atoms with E-state index in [1.54, 1.807) is 13.1 Å². The van der Waals surface area contributed by atoms with Crippen LogP contribution in [-0.2, 0) is 10.3 Å². The van der Waals surface area contributed by atoms with Crippen LogP contribution in [0.2, 0.25) is 0 Å². The third-order valence-electron chi connectivity index (χ3n) is 5.62. The van der Waals surface area contributed by atoms with Gasteiger partial charge < -0.3 is 5.73 Å². The summed E-state index contributed by atoms with van der Waals surface area (Å²) in [5.74, 6) is 0.00269. The average molecular weight is 374 g/mol. The number of carbonyl (C=O) groups excluding carboxylic acids is 1. The smallest absolute Gasteiger partial charge is 0.234 e. The Balaban J connectivity index is 2.09. The first-order valence-corrected chi connectivity index (χ1v) is 9.64. The topological polar surface area (TPSA) is 82.5 Å². The largest absolute Gasteiger partial charge is 0.369 e. The summed E-state index contributed by atoms with van der Waals surface area (Å²) in [6, 6.07) is 17.7. The number of hydrogen-bond donors (Lipinski definition) is 1. The van der Waals surface area contributed by atoms with E-state index in [4.69, 9.17) is 10.7 Å². The Morgan fingerprint density at radius 3 is 2.57 bits per heavy atom. The number of nitrogens with zero attached hydrogens (tertiary/aromatic N) is 3. The quantitative estimate of drug-likeness (QED) is 0.857. The summed E-state index contributed by atoms with van der Waals surface area (Å²) in [5.41, 5.74) is 8.89.